The molecule has 0 fully saturated rings. The normalized spacial score (nSPS) is 11.2. The molecular weight excluding hydrogens is 440 g/mol. The number of aryl methyl sites for hydroxylation is 1. The molecule has 0 saturated carbocycles. The average Bonchev–Trinajstić information content (AvgIpc) is 2.81. The maximum atomic E-state index is 12.7. The second-order valence-corrected chi connectivity index (χ2v) is 8.72. The lowest BCUT2D eigenvalue weighted by Gasteiger charge is -2.11. The van der Waals surface area contributed by atoms with E-state index in [0.29, 0.717) is 16.9 Å². The number of hydroxylamine groups is 1. The van der Waals surface area contributed by atoms with Crippen LogP contribution in [0.1, 0.15) is 16.7 Å². The Hall–Kier alpha value is -3.95. The van der Waals surface area contributed by atoms with Crippen molar-refractivity contribution in [1.29, 1.82) is 0 Å². The highest BCUT2D eigenvalue weighted by Crippen LogP contribution is 2.19. The van der Waals surface area contributed by atoms with Gasteiger partial charge in [0.25, 0.3) is 15.9 Å². The molecule has 0 atom stereocenters. The highest BCUT2D eigenvalue weighted by Gasteiger charge is 2.15. The molecule has 0 bridgehead atoms. The molecule has 0 saturated heterocycles. The van der Waals surface area contributed by atoms with Crippen LogP contribution in [-0.4, -0.2) is 27.1 Å². The minimum Gasteiger partial charge on any atom is -0.279 e. The molecule has 0 radical (unpaired) electrons. The van der Waals surface area contributed by atoms with Crippen LogP contribution < -0.4 is 15.6 Å². The first-order valence-corrected chi connectivity index (χ1v) is 11.5. The first-order valence-electron chi connectivity index (χ1n) is 9.98. The lowest BCUT2D eigenvalue weighted by atomic mass is 10.2. The van der Waals surface area contributed by atoms with Gasteiger partial charge in [0.2, 0.25) is 0 Å². The van der Waals surface area contributed by atoms with E-state index in [4.69, 9.17) is 4.84 Å². The largest absolute Gasteiger partial charge is 0.279 e. The van der Waals surface area contributed by atoms with E-state index >= 15 is 0 Å². The van der Waals surface area contributed by atoms with Crippen molar-refractivity contribution in [2.75, 3.05) is 11.3 Å². The molecular formula is C24H24N4O4S. The summed E-state index contributed by atoms with van der Waals surface area (Å²) < 4.78 is 27.9. The van der Waals surface area contributed by atoms with Gasteiger partial charge in [0, 0.05) is 5.56 Å². The van der Waals surface area contributed by atoms with Gasteiger partial charge >= 0.3 is 0 Å². The number of nitrogens with zero attached hydrogens (tertiary/aromatic N) is 1. The number of carbonyl (C=O) groups excluding carboxylic acids is 1. The Labute approximate surface area is 193 Å². The second kappa shape index (κ2) is 11.1. The highest BCUT2D eigenvalue weighted by molar-refractivity contribution is 7.92. The van der Waals surface area contributed by atoms with Gasteiger partial charge in [0.1, 0.15) is 0 Å². The maximum Gasteiger partial charge on any atom is 0.268 e. The molecule has 0 aliphatic heterocycles. The summed E-state index contributed by atoms with van der Waals surface area (Å²) in [5.74, 6) is -0.502. The van der Waals surface area contributed by atoms with Gasteiger partial charge in [-0.3, -0.25) is 19.8 Å². The Kier molecular flexibility index (Phi) is 7.96. The van der Waals surface area contributed by atoms with Gasteiger partial charge in [-0.2, -0.15) is 5.10 Å². The number of hydrogen-bond donors (Lipinski definition) is 3. The Morgan fingerprint density at radius 2 is 1.67 bits per heavy atom. The van der Waals surface area contributed by atoms with E-state index in [1.54, 1.807) is 36.4 Å². The molecule has 0 aromatic heterocycles. The van der Waals surface area contributed by atoms with E-state index in [2.05, 4.69) is 27.3 Å². The van der Waals surface area contributed by atoms with Crippen LogP contribution in [0.3, 0.4) is 0 Å². The Morgan fingerprint density at radius 1 is 1.00 bits per heavy atom. The van der Waals surface area contributed by atoms with Crippen molar-refractivity contribution >= 4 is 33.5 Å². The Morgan fingerprint density at radius 3 is 2.39 bits per heavy atom. The van der Waals surface area contributed by atoms with E-state index in [1.807, 2.05) is 37.3 Å². The third kappa shape index (κ3) is 7.03. The number of anilines is 1. The molecule has 0 aliphatic carbocycles. The summed E-state index contributed by atoms with van der Waals surface area (Å²) in [5, 5.41) is 3.88. The van der Waals surface area contributed by atoms with Crippen LogP contribution in [0.15, 0.2) is 95.4 Å². The van der Waals surface area contributed by atoms with E-state index in [9.17, 15) is 13.2 Å². The van der Waals surface area contributed by atoms with Crippen molar-refractivity contribution in [2.45, 2.75) is 11.8 Å². The molecule has 8 nitrogen and oxygen atoms in total. The van der Waals surface area contributed by atoms with Crippen LogP contribution in [0.25, 0.3) is 5.70 Å². The summed E-state index contributed by atoms with van der Waals surface area (Å²) in [6, 6.07) is 22.6. The molecule has 3 aromatic rings. The quantitative estimate of drug-likeness (QED) is 0.315. The lowest BCUT2D eigenvalue weighted by Crippen LogP contribution is -2.26. The molecule has 170 valence electrons. The smallest absolute Gasteiger partial charge is 0.268 e. The summed E-state index contributed by atoms with van der Waals surface area (Å²) in [7, 11) is -3.77. The molecule has 33 heavy (non-hydrogen) atoms. The van der Waals surface area contributed by atoms with Gasteiger partial charge in [-0.1, -0.05) is 72.8 Å². The van der Waals surface area contributed by atoms with Gasteiger partial charge in [0.05, 0.1) is 22.5 Å². The predicted octanol–water partition coefficient (Wildman–Crippen LogP) is 3.44. The van der Waals surface area contributed by atoms with Crippen molar-refractivity contribution in [3.63, 3.8) is 0 Å². The summed E-state index contributed by atoms with van der Waals surface area (Å²) in [6.07, 6.45) is 1.35. The zero-order chi connectivity index (χ0) is 23.7. The number of nitrogens with one attached hydrogen (secondary N) is 3. The van der Waals surface area contributed by atoms with Gasteiger partial charge < -0.3 is 0 Å². The third-order valence-electron chi connectivity index (χ3n) is 4.45. The van der Waals surface area contributed by atoms with Gasteiger partial charge in [0.15, 0.2) is 6.61 Å². The van der Waals surface area contributed by atoms with Crippen LogP contribution in [0.5, 0.6) is 0 Å². The molecule has 0 heterocycles. The first-order chi connectivity index (χ1) is 15.8. The standard InChI is InChI=1S/C24H24N4O4S/c1-18-12-14-22(15-13-18)33(30,31)28-23-11-7-6-10-21(23)16-25-26-24(29)17-32-27-19(2)20-8-4-3-5-9-20/h3-16,27-28H,2,17H2,1H3,(H,26,29)/b25-16-. The highest BCUT2D eigenvalue weighted by atomic mass is 32.2. The van der Waals surface area contributed by atoms with Crippen LogP contribution in [0, 0.1) is 6.92 Å². The van der Waals surface area contributed by atoms with Crippen LogP contribution in [0.4, 0.5) is 5.69 Å². The number of hydrogen-bond acceptors (Lipinski definition) is 6. The molecule has 1 amide bonds. The number of hydrazone groups is 1. The summed E-state index contributed by atoms with van der Waals surface area (Å²) in [4.78, 5) is 17.2. The second-order valence-electron chi connectivity index (χ2n) is 7.03. The molecule has 0 spiro atoms. The van der Waals surface area contributed by atoms with E-state index < -0.39 is 15.9 Å². The molecule has 3 aromatic carbocycles. The molecule has 0 unspecified atom stereocenters. The van der Waals surface area contributed by atoms with E-state index in [0.717, 1.165) is 11.1 Å². The monoisotopic (exact) mass is 464 g/mol. The van der Waals surface area contributed by atoms with Crippen LogP contribution in [-0.2, 0) is 19.7 Å². The van der Waals surface area contributed by atoms with Crippen LogP contribution in [0.2, 0.25) is 0 Å². The van der Waals surface area contributed by atoms with Gasteiger partial charge in [-0.25, -0.2) is 13.8 Å². The third-order valence-corrected chi connectivity index (χ3v) is 5.83. The summed E-state index contributed by atoms with van der Waals surface area (Å²) in [6.45, 7) is 5.41. The summed E-state index contributed by atoms with van der Waals surface area (Å²) >= 11 is 0. The predicted molar refractivity (Wildman–Crippen MR) is 129 cm³/mol. The van der Waals surface area contributed by atoms with Gasteiger partial charge in [-0.05, 0) is 30.7 Å². The van der Waals surface area contributed by atoms with Gasteiger partial charge in [-0.15, -0.1) is 0 Å². The van der Waals surface area contributed by atoms with E-state index in [-0.39, 0.29) is 11.5 Å². The SMILES string of the molecule is C=C(NOCC(=O)N/N=C\c1ccccc1NS(=O)(=O)c1ccc(C)cc1)c1ccccc1. The number of sulfonamides is 1. The van der Waals surface area contributed by atoms with Crippen molar-refractivity contribution in [3.8, 4) is 0 Å². The fourth-order valence-electron chi connectivity index (χ4n) is 2.72. The van der Waals surface area contributed by atoms with E-state index in [1.165, 1.54) is 18.3 Å². The zero-order valence-corrected chi connectivity index (χ0v) is 18.8. The number of carbonyl (C=O) groups is 1. The molecule has 0 aliphatic rings. The summed E-state index contributed by atoms with van der Waals surface area (Å²) in [5.41, 5.74) is 8.05. The van der Waals surface area contributed by atoms with Crippen molar-refractivity contribution in [1.82, 2.24) is 10.9 Å². The van der Waals surface area contributed by atoms with Crippen LogP contribution >= 0.6 is 0 Å². The minimum absolute atomic E-state index is 0.148. The lowest BCUT2D eigenvalue weighted by molar-refractivity contribution is -0.127. The minimum atomic E-state index is -3.77. The van der Waals surface area contributed by atoms with Crippen molar-refractivity contribution in [3.05, 3.63) is 102 Å². The number of para-hydroxylation sites is 1. The number of amides is 1. The molecule has 9 heteroatoms. The van der Waals surface area contributed by atoms with Crippen molar-refractivity contribution in [2.24, 2.45) is 5.10 Å². The number of rotatable bonds is 10. The maximum absolute atomic E-state index is 12.7. The molecule has 3 N–H and O–H groups in total. The Bertz CT molecular complexity index is 1240. The van der Waals surface area contributed by atoms with Crippen molar-refractivity contribution < 1.29 is 18.0 Å². The Balaban J connectivity index is 1.54. The first kappa shape index (κ1) is 23.7. The molecule has 3 rings (SSSR count). The average molecular weight is 465 g/mol. The zero-order valence-electron chi connectivity index (χ0n) is 18.0. The number of benzene rings is 3. The topological polar surface area (TPSA) is 109 Å². The fourth-order valence-corrected chi connectivity index (χ4v) is 3.80. The fraction of sp³-hybridized carbons (Fsp3) is 0.0833.